The highest BCUT2D eigenvalue weighted by molar-refractivity contribution is 5.80. The topological polar surface area (TPSA) is 49.3 Å². The fourth-order valence-corrected chi connectivity index (χ4v) is 4.42. The molecule has 1 unspecified atom stereocenters. The molecule has 1 aromatic carbocycles. The van der Waals surface area contributed by atoms with E-state index in [0.29, 0.717) is 12.0 Å². The molecule has 1 fully saturated rings. The van der Waals surface area contributed by atoms with E-state index in [1.807, 2.05) is 0 Å². The number of hydrogen-bond acceptors (Lipinski definition) is 4. The molecule has 2 aliphatic heterocycles. The third kappa shape index (κ3) is 5.35. The molecule has 0 amide bonds. The molecule has 162 valence electrons. The Kier molecular flexibility index (Phi) is 7.64. The fourth-order valence-electron chi connectivity index (χ4n) is 4.42. The van der Waals surface area contributed by atoms with Gasteiger partial charge in [-0.3, -0.25) is 4.99 Å². The number of hydrogen-bond donors (Lipinski definition) is 1. The van der Waals surface area contributed by atoms with Gasteiger partial charge in [0.1, 0.15) is 0 Å². The van der Waals surface area contributed by atoms with Gasteiger partial charge in [-0.25, -0.2) is 0 Å². The molecule has 0 spiro atoms. The molecule has 0 aromatic heterocycles. The Morgan fingerprint density at radius 3 is 2.55 bits per heavy atom. The minimum absolute atomic E-state index is 0.626. The van der Waals surface area contributed by atoms with Gasteiger partial charge in [-0.2, -0.15) is 0 Å². The summed E-state index contributed by atoms with van der Waals surface area (Å²) >= 11 is 0. The van der Waals surface area contributed by atoms with Gasteiger partial charge in [0.15, 0.2) is 17.5 Å². The van der Waals surface area contributed by atoms with Crippen molar-refractivity contribution < 1.29 is 9.47 Å². The summed E-state index contributed by atoms with van der Waals surface area (Å²) in [6, 6.07) is 4.87. The van der Waals surface area contributed by atoms with Gasteiger partial charge in [0.2, 0.25) is 0 Å². The zero-order valence-corrected chi connectivity index (χ0v) is 18.8. The van der Waals surface area contributed by atoms with E-state index in [0.717, 1.165) is 50.1 Å². The zero-order chi connectivity index (χ0) is 20.8. The molecule has 2 heterocycles. The van der Waals surface area contributed by atoms with E-state index in [-0.39, 0.29) is 0 Å². The first-order valence-corrected chi connectivity index (χ1v) is 11.1. The number of aliphatic imine (C=N–C) groups is 1. The Balaban J connectivity index is 1.70. The van der Waals surface area contributed by atoms with E-state index < -0.39 is 0 Å². The van der Waals surface area contributed by atoms with Crippen LogP contribution in [-0.2, 0) is 13.0 Å². The summed E-state index contributed by atoms with van der Waals surface area (Å²) < 4.78 is 11.0. The minimum Gasteiger partial charge on any atom is -0.493 e. The third-order valence-electron chi connectivity index (χ3n) is 6.13. The summed E-state index contributed by atoms with van der Waals surface area (Å²) in [5.74, 6) is 3.30. The Morgan fingerprint density at radius 1 is 1.17 bits per heavy atom. The molecule has 0 saturated carbocycles. The van der Waals surface area contributed by atoms with Crippen LogP contribution in [0, 0.1) is 5.92 Å². The van der Waals surface area contributed by atoms with Crippen LogP contribution in [0.3, 0.4) is 0 Å². The highest BCUT2D eigenvalue weighted by Crippen LogP contribution is 2.33. The van der Waals surface area contributed by atoms with Gasteiger partial charge in [0.05, 0.1) is 14.2 Å². The molecule has 0 radical (unpaired) electrons. The maximum atomic E-state index is 5.51. The zero-order valence-electron chi connectivity index (χ0n) is 18.8. The maximum absolute atomic E-state index is 5.51. The normalized spacial score (nSPS) is 20.6. The van der Waals surface area contributed by atoms with Crippen LogP contribution in [0.2, 0.25) is 0 Å². The number of nitrogens with one attached hydrogen (secondary N) is 1. The summed E-state index contributed by atoms with van der Waals surface area (Å²) in [7, 11) is 3.39. The molecule has 6 heteroatoms. The highest BCUT2D eigenvalue weighted by atomic mass is 16.5. The van der Waals surface area contributed by atoms with E-state index in [1.54, 1.807) is 14.2 Å². The highest BCUT2D eigenvalue weighted by Gasteiger charge is 2.24. The Bertz CT molecular complexity index is 704. The van der Waals surface area contributed by atoms with E-state index in [9.17, 15) is 0 Å². The molecule has 29 heavy (non-hydrogen) atoms. The molecule has 0 bridgehead atoms. The number of fused-ring (bicyclic) bond motifs is 1. The first kappa shape index (κ1) is 21.8. The van der Waals surface area contributed by atoms with Crippen molar-refractivity contribution in [3.05, 3.63) is 23.3 Å². The Labute approximate surface area is 176 Å². The summed E-state index contributed by atoms with van der Waals surface area (Å²) in [6.07, 6.45) is 3.56. The second-order valence-electron chi connectivity index (χ2n) is 8.44. The van der Waals surface area contributed by atoms with Gasteiger partial charge >= 0.3 is 0 Å². The molecule has 1 atom stereocenters. The van der Waals surface area contributed by atoms with Gasteiger partial charge in [0.25, 0.3) is 0 Å². The molecule has 6 nitrogen and oxygen atoms in total. The van der Waals surface area contributed by atoms with Crippen LogP contribution >= 0.6 is 0 Å². The third-order valence-corrected chi connectivity index (χ3v) is 6.13. The first-order valence-electron chi connectivity index (χ1n) is 11.1. The van der Waals surface area contributed by atoms with E-state index in [2.05, 4.69) is 48.0 Å². The van der Waals surface area contributed by atoms with E-state index in [1.165, 1.54) is 37.1 Å². The van der Waals surface area contributed by atoms with Crippen molar-refractivity contribution in [2.75, 3.05) is 46.9 Å². The quantitative estimate of drug-likeness (QED) is 0.585. The molecule has 1 aromatic rings. The monoisotopic (exact) mass is 402 g/mol. The van der Waals surface area contributed by atoms with Gasteiger partial charge in [0, 0.05) is 38.8 Å². The Morgan fingerprint density at radius 2 is 1.90 bits per heavy atom. The SMILES string of the molecule is CCNC(=NCC1CCCN(C(C)C)C1)N1CCc2cc(OC)c(OC)cc2C1. The van der Waals surface area contributed by atoms with Crippen LogP contribution in [-0.4, -0.2) is 68.7 Å². The van der Waals surface area contributed by atoms with Gasteiger partial charge in [-0.15, -0.1) is 0 Å². The lowest BCUT2D eigenvalue weighted by Crippen LogP contribution is -2.45. The van der Waals surface area contributed by atoms with Crippen molar-refractivity contribution in [1.82, 2.24) is 15.1 Å². The molecule has 3 rings (SSSR count). The van der Waals surface area contributed by atoms with Gasteiger partial charge in [-0.1, -0.05) is 0 Å². The summed E-state index contributed by atoms with van der Waals surface area (Å²) in [5, 5.41) is 3.51. The fraction of sp³-hybridized carbons (Fsp3) is 0.696. The summed E-state index contributed by atoms with van der Waals surface area (Å²) in [4.78, 5) is 10.0. The van der Waals surface area contributed by atoms with Crippen molar-refractivity contribution in [3.8, 4) is 11.5 Å². The molecular weight excluding hydrogens is 364 g/mol. The average Bonchev–Trinajstić information content (AvgIpc) is 2.75. The van der Waals surface area contributed by atoms with Crippen LogP contribution in [0.4, 0.5) is 0 Å². The van der Waals surface area contributed by atoms with E-state index >= 15 is 0 Å². The number of methoxy groups -OCH3 is 2. The summed E-state index contributed by atoms with van der Waals surface area (Å²) in [6.45, 7) is 12.7. The predicted octanol–water partition coefficient (Wildman–Crippen LogP) is 3.15. The average molecular weight is 403 g/mol. The number of nitrogens with zero attached hydrogens (tertiary/aromatic N) is 3. The van der Waals surface area contributed by atoms with Crippen molar-refractivity contribution in [3.63, 3.8) is 0 Å². The summed E-state index contributed by atoms with van der Waals surface area (Å²) in [5.41, 5.74) is 2.64. The lowest BCUT2D eigenvalue weighted by atomic mass is 9.97. The predicted molar refractivity (Wildman–Crippen MR) is 119 cm³/mol. The lowest BCUT2D eigenvalue weighted by Gasteiger charge is -2.35. The second kappa shape index (κ2) is 10.2. The number of benzene rings is 1. The smallest absolute Gasteiger partial charge is 0.194 e. The standard InChI is InChI=1S/C23H38N4O2/c1-6-24-23(25-14-18-8-7-10-26(15-18)17(2)3)27-11-9-19-12-21(28-4)22(29-5)13-20(19)16-27/h12-13,17-18H,6-11,14-16H2,1-5H3,(H,24,25). The van der Waals surface area contributed by atoms with Gasteiger partial charge in [-0.05, 0) is 75.8 Å². The van der Waals surface area contributed by atoms with Crippen LogP contribution in [0.1, 0.15) is 44.7 Å². The van der Waals surface area contributed by atoms with Gasteiger partial charge < -0.3 is 24.6 Å². The number of rotatable bonds is 6. The van der Waals surface area contributed by atoms with Crippen molar-refractivity contribution in [2.45, 2.75) is 52.6 Å². The molecule has 1 N–H and O–H groups in total. The lowest BCUT2D eigenvalue weighted by molar-refractivity contribution is 0.143. The Hall–Kier alpha value is -1.95. The van der Waals surface area contributed by atoms with E-state index in [4.69, 9.17) is 14.5 Å². The number of piperidine rings is 1. The van der Waals surface area contributed by atoms with Crippen molar-refractivity contribution >= 4 is 5.96 Å². The maximum Gasteiger partial charge on any atom is 0.194 e. The van der Waals surface area contributed by atoms with Crippen LogP contribution < -0.4 is 14.8 Å². The number of guanidine groups is 1. The first-order chi connectivity index (χ1) is 14.0. The molecule has 2 aliphatic rings. The molecule has 1 saturated heterocycles. The van der Waals surface area contributed by atoms with Crippen molar-refractivity contribution in [2.24, 2.45) is 10.9 Å². The second-order valence-corrected chi connectivity index (χ2v) is 8.44. The number of ether oxygens (including phenoxy) is 2. The van der Waals surface area contributed by atoms with Crippen LogP contribution in [0.15, 0.2) is 17.1 Å². The van der Waals surface area contributed by atoms with Crippen LogP contribution in [0.5, 0.6) is 11.5 Å². The number of likely N-dealkylation sites (tertiary alicyclic amines) is 1. The van der Waals surface area contributed by atoms with Crippen molar-refractivity contribution in [1.29, 1.82) is 0 Å². The molecular formula is C23H38N4O2. The molecule has 0 aliphatic carbocycles. The largest absolute Gasteiger partial charge is 0.493 e. The minimum atomic E-state index is 0.626. The van der Waals surface area contributed by atoms with Crippen LogP contribution in [0.25, 0.3) is 0 Å².